The van der Waals surface area contributed by atoms with Gasteiger partial charge in [-0.1, -0.05) is 0 Å². The van der Waals surface area contributed by atoms with Crippen molar-refractivity contribution in [2.24, 2.45) is 0 Å². The second-order valence-corrected chi connectivity index (χ2v) is 3.07. The summed E-state index contributed by atoms with van der Waals surface area (Å²) in [5, 5.41) is 0. The van der Waals surface area contributed by atoms with Crippen molar-refractivity contribution >= 4 is 7.99 Å². The van der Waals surface area contributed by atoms with Gasteiger partial charge in [-0.25, -0.2) is 4.57 Å². The van der Waals surface area contributed by atoms with Gasteiger partial charge in [-0.2, -0.15) is 0 Å². The highest BCUT2D eigenvalue weighted by Gasteiger charge is 2.25. The molecule has 12 heavy (non-hydrogen) atoms. The highest BCUT2D eigenvalue weighted by Crippen LogP contribution is 2.51. The highest BCUT2D eigenvalue weighted by molar-refractivity contribution is 7.47. The van der Waals surface area contributed by atoms with Gasteiger partial charge in [-0.15, -0.1) is 8.39 Å². The molecule has 0 saturated carbocycles. The lowest BCUT2D eigenvalue weighted by molar-refractivity contribution is -0.195. The van der Waals surface area contributed by atoms with Crippen molar-refractivity contribution in [2.45, 2.75) is 26.4 Å². The van der Waals surface area contributed by atoms with Crippen LogP contribution >= 0.6 is 7.99 Å². The first-order valence-electron chi connectivity index (χ1n) is 3.21. The van der Waals surface area contributed by atoms with Gasteiger partial charge in [0, 0.05) is 7.11 Å². The molecular formula is C5H11F2O4P. The molecule has 0 amide bonds. The molecule has 0 aliphatic rings. The summed E-state index contributed by atoms with van der Waals surface area (Å²) < 4.78 is 46.3. The Hall–Kier alpha value is -0.0300. The third kappa shape index (κ3) is 6.67. The minimum absolute atomic E-state index is 0.674. The fourth-order valence-electron chi connectivity index (χ4n) is 0.523. The quantitative estimate of drug-likeness (QED) is 0.509. The third-order valence-electron chi connectivity index (χ3n) is 0.986. The van der Waals surface area contributed by atoms with Gasteiger partial charge in [0.15, 0.2) is 12.6 Å². The lowest BCUT2D eigenvalue weighted by atomic mass is 10.7. The fourth-order valence-corrected chi connectivity index (χ4v) is 0.918. The lowest BCUT2D eigenvalue weighted by Crippen LogP contribution is -2.19. The van der Waals surface area contributed by atoms with Crippen molar-refractivity contribution < 1.29 is 27.0 Å². The largest absolute Gasteiger partial charge is 0.554 e. The van der Waals surface area contributed by atoms with E-state index in [1.54, 1.807) is 0 Å². The summed E-state index contributed by atoms with van der Waals surface area (Å²) in [4.78, 5) is 0. The first-order chi connectivity index (χ1) is 5.35. The minimum Gasteiger partial charge on any atom is -0.356 e. The maximum atomic E-state index is 11.7. The average molecular weight is 204 g/mol. The van der Waals surface area contributed by atoms with E-state index in [9.17, 15) is 13.0 Å². The molecular weight excluding hydrogens is 193 g/mol. The maximum Gasteiger partial charge on any atom is 0.554 e. The molecule has 0 radical (unpaired) electrons. The summed E-state index contributed by atoms with van der Waals surface area (Å²) in [6.45, 7) is 2.71. The molecule has 0 spiro atoms. The smallest absolute Gasteiger partial charge is 0.356 e. The first-order valence-corrected chi connectivity index (χ1v) is 4.62. The monoisotopic (exact) mass is 204 g/mol. The first kappa shape index (κ1) is 12.0. The minimum atomic E-state index is -5.47. The van der Waals surface area contributed by atoms with E-state index in [-0.39, 0.29) is 0 Å². The van der Waals surface area contributed by atoms with Crippen LogP contribution in [0.2, 0.25) is 0 Å². The molecule has 74 valence electrons. The van der Waals surface area contributed by atoms with Crippen LogP contribution in [-0.2, 0) is 18.6 Å². The van der Waals surface area contributed by atoms with Gasteiger partial charge in [0.05, 0.1) is 0 Å². The predicted octanol–water partition coefficient (Wildman–Crippen LogP) is 2.41. The van der Waals surface area contributed by atoms with E-state index in [1.165, 1.54) is 21.0 Å². The normalized spacial score (nSPS) is 17.4. The second kappa shape index (κ2) is 4.87. The van der Waals surface area contributed by atoms with Crippen molar-refractivity contribution in [3.63, 3.8) is 0 Å². The molecule has 2 unspecified atom stereocenters. The summed E-state index contributed by atoms with van der Waals surface area (Å²) in [5.74, 6) is 0. The molecule has 0 aromatic carbocycles. The number of rotatable bonds is 5. The molecule has 0 aromatic heterocycles. The topological polar surface area (TPSA) is 44.8 Å². The number of hydrogen-bond donors (Lipinski definition) is 0. The van der Waals surface area contributed by atoms with E-state index >= 15 is 0 Å². The Bertz CT molecular complexity index is 171. The van der Waals surface area contributed by atoms with E-state index in [1.807, 2.05) is 0 Å². The van der Waals surface area contributed by atoms with Crippen LogP contribution in [0.1, 0.15) is 13.8 Å². The molecule has 0 fully saturated rings. The van der Waals surface area contributed by atoms with Gasteiger partial charge >= 0.3 is 7.99 Å². The molecule has 0 rings (SSSR count). The third-order valence-corrected chi connectivity index (χ3v) is 1.53. The number of ether oxygens (including phenoxy) is 2. The van der Waals surface area contributed by atoms with Gasteiger partial charge in [-0.3, -0.25) is 4.52 Å². The number of hydrogen-bond acceptors (Lipinski definition) is 4. The predicted molar refractivity (Wildman–Crippen MR) is 37.9 cm³/mol. The van der Waals surface area contributed by atoms with Gasteiger partial charge in [-0.05, 0) is 13.8 Å². The molecule has 0 bridgehead atoms. The Kier molecular flexibility index (Phi) is 4.85. The highest BCUT2D eigenvalue weighted by atomic mass is 31.2. The SMILES string of the molecule is COC(C)OC(C)OP(=O)(F)F. The lowest BCUT2D eigenvalue weighted by Gasteiger charge is -2.16. The van der Waals surface area contributed by atoms with E-state index in [2.05, 4.69) is 14.0 Å². The van der Waals surface area contributed by atoms with Crippen LogP contribution in [0.15, 0.2) is 0 Å². The summed E-state index contributed by atoms with van der Waals surface area (Å²) in [6.07, 6.45) is -1.92. The summed E-state index contributed by atoms with van der Waals surface area (Å²) in [7, 11) is -4.12. The van der Waals surface area contributed by atoms with Gasteiger partial charge in [0.25, 0.3) is 0 Å². The summed E-state index contributed by atoms with van der Waals surface area (Å²) in [6, 6.07) is 0. The molecule has 2 atom stereocenters. The Morgan fingerprint density at radius 1 is 1.25 bits per heavy atom. The molecule has 4 nitrogen and oxygen atoms in total. The van der Waals surface area contributed by atoms with Crippen molar-refractivity contribution in [3.05, 3.63) is 0 Å². The number of methoxy groups -OCH3 is 1. The summed E-state index contributed by atoms with van der Waals surface area (Å²) >= 11 is 0. The number of halogens is 2. The zero-order chi connectivity index (χ0) is 9.78. The van der Waals surface area contributed by atoms with E-state index in [0.717, 1.165) is 0 Å². The van der Waals surface area contributed by atoms with E-state index < -0.39 is 20.6 Å². The average Bonchev–Trinajstić information content (AvgIpc) is 1.82. The molecule has 0 saturated heterocycles. The second-order valence-electron chi connectivity index (χ2n) is 2.03. The molecule has 0 heterocycles. The van der Waals surface area contributed by atoms with Crippen molar-refractivity contribution in [1.82, 2.24) is 0 Å². The van der Waals surface area contributed by atoms with Crippen LogP contribution in [0.3, 0.4) is 0 Å². The molecule has 0 N–H and O–H groups in total. The van der Waals surface area contributed by atoms with Crippen LogP contribution in [0.5, 0.6) is 0 Å². The van der Waals surface area contributed by atoms with E-state index in [4.69, 9.17) is 0 Å². The van der Waals surface area contributed by atoms with Crippen LogP contribution in [-0.4, -0.2) is 19.7 Å². The maximum absolute atomic E-state index is 11.7. The molecule has 0 aromatic rings. The fraction of sp³-hybridized carbons (Fsp3) is 1.00. The molecule has 0 aliphatic heterocycles. The standard InChI is InChI=1S/C5H11F2O4P/c1-4(9-3)10-5(2)11-12(6,7)8/h4-5H,1-3H3. The zero-order valence-electron chi connectivity index (χ0n) is 6.99. The van der Waals surface area contributed by atoms with Crippen LogP contribution in [0.25, 0.3) is 0 Å². The van der Waals surface area contributed by atoms with Crippen LogP contribution in [0, 0.1) is 0 Å². The Morgan fingerprint density at radius 3 is 2.08 bits per heavy atom. The van der Waals surface area contributed by atoms with Gasteiger partial charge < -0.3 is 9.47 Å². The Balaban J connectivity index is 3.74. The van der Waals surface area contributed by atoms with E-state index in [0.29, 0.717) is 0 Å². The zero-order valence-corrected chi connectivity index (χ0v) is 7.89. The summed E-state index contributed by atoms with van der Waals surface area (Å²) in [5.41, 5.74) is 0. The van der Waals surface area contributed by atoms with Crippen LogP contribution < -0.4 is 0 Å². The van der Waals surface area contributed by atoms with Gasteiger partial charge in [0.1, 0.15) is 0 Å². The van der Waals surface area contributed by atoms with Crippen molar-refractivity contribution in [3.8, 4) is 0 Å². The van der Waals surface area contributed by atoms with Gasteiger partial charge in [0.2, 0.25) is 0 Å². The molecule has 0 aliphatic carbocycles. The van der Waals surface area contributed by atoms with Crippen molar-refractivity contribution in [2.75, 3.05) is 7.11 Å². The van der Waals surface area contributed by atoms with Crippen LogP contribution in [0.4, 0.5) is 8.39 Å². The Labute approximate surface area is 69.5 Å². The molecule has 7 heteroatoms. The Morgan fingerprint density at radius 2 is 1.75 bits per heavy atom. The van der Waals surface area contributed by atoms with Crippen molar-refractivity contribution in [1.29, 1.82) is 0 Å².